The Labute approximate surface area is 101 Å². The number of aromatic nitrogens is 1. The topological polar surface area (TPSA) is 63.2 Å². The summed E-state index contributed by atoms with van der Waals surface area (Å²) < 4.78 is 5.45. The Morgan fingerprint density at radius 3 is 2.65 bits per heavy atom. The summed E-state index contributed by atoms with van der Waals surface area (Å²) in [7, 11) is 1.59. The molecule has 5 nitrogen and oxygen atoms in total. The van der Waals surface area contributed by atoms with Crippen LogP contribution in [-0.4, -0.2) is 36.7 Å². The molecule has 0 bridgehead atoms. The molecule has 2 rings (SSSR count). The highest BCUT2D eigenvalue weighted by Gasteiger charge is 2.39. The number of rotatable bonds is 3. The molecule has 1 fully saturated rings. The third kappa shape index (κ3) is 2.62. The molecule has 2 heterocycles. The van der Waals surface area contributed by atoms with Crippen LogP contribution in [0.5, 0.6) is 0 Å². The van der Waals surface area contributed by atoms with E-state index in [4.69, 9.17) is 4.74 Å². The van der Waals surface area contributed by atoms with Gasteiger partial charge in [0.25, 0.3) is 5.91 Å². The number of ether oxygens (including phenoxy) is 1. The molecular formula is C12H17N3O2. The molecule has 0 saturated carbocycles. The third-order valence-electron chi connectivity index (χ3n) is 3.15. The lowest BCUT2D eigenvalue weighted by molar-refractivity contribution is -0.140. The maximum absolute atomic E-state index is 12.2. The number of amides is 1. The molecule has 2 N–H and O–H groups in total. The highest BCUT2D eigenvalue weighted by atomic mass is 16.5. The number of nitrogens with zero attached hydrogens (tertiary/aromatic N) is 1. The number of methoxy groups -OCH3 is 1. The van der Waals surface area contributed by atoms with Gasteiger partial charge in [-0.05, 0) is 38.1 Å². The van der Waals surface area contributed by atoms with Gasteiger partial charge in [-0.1, -0.05) is 0 Å². The number of nitrogens with one attached hydrogen (secondary N) is 2. The minimum absolute atomic E-state index is 0.0762. The Morgan fingerprint density at radius 1 is 1.41 bits per heavy atom. The van der Waals surface area contributed by atoms with E-state index in [1.54, 1.807) is 31.6 Å². The van der Waals surface area contributed by atoms with Gasteiger partial charge in [0.2, 0.25) is 0 Å². The van der Waals surface area contributed by atoms with Crippen LogP contribution in [0, 0.1) is 0 Å². The first-order valence-electron chi connectivity index (χ1n) is 5.74. The van der Waals surface area contributed by atoms with Crippen LogP contribution in [0.4, 0.5) is 5.69 Å². The van der Waals surface area contributed by atoms with Gasteiger partial charge in [0.1, 0.15) is 5.60 Å². The molecule has 0 unspecified atom stereocenters. The number of hydrogen-bond acceptors (Lipinski definition) is 4. The summed E-state index contributed by atoms with van der Waals surface area (Å²) in [5, 5.41) is 6.09. The summed E-state index contributed by atoms with van der Waals surface area (Å²) >= 11 is 0. The van der Waals surface area contributed by atoms with Crippen molar-refractivity contribution in [2.75, 3.05) is 25.5 Å². The van der Waals surface area contributed by atoms with Crippen LogP contribution in [0.2, 0.25) is 0 Å². The fourth-order valence-corrected chi connectivity index (χ4v) is 2.03. The Morgan fingerprint density at radius 2 is 2.06 bits per heavy atom. The van der Waals surface area contributed by atoms with Crippen molar-refractivity contribution in [1.82, 2.24) is 10.3 Å². The zero-order valence-corrected chi connectivity index (χ0v) is 9.90. The predicted molar refractivity (Wildman–Crippen MR) is 64.7 cm³/mol. The highest BCUT2D eigenvalue weighted by Crippen LogP contribution is 2.24. The zero-order chi connectivity index (χ0) is 12.1. The summed E-state index contributed by atoms with van der Waals surface area (Å²) in [6, 6.07) is 3.53. The van der Waals surface area contributed by atoms with E-state index in [1.807, 2.05) is 0 Å². The molecule has 1 aliphatic rings. The van der Waals surface area contributed by atoms with Gasteiger partial charge in [-0.2, -0.15) is 0 Å². The lowest BCUT2D eigenvalue weighted by Crippen LogP contribution is -2.51. The molecule has 5 heteroatoms. The molecule has 1 aromatic rings. The lowest BCUT2D eigenvalue weighted by Gasteiger charge is -2.34. The average Bonchev–Trinajstić information content (AvgIpc) is 2.40. The van der Waals surface area contributed by atoms with Crippen LogP contribution in [0.15, 0.2) is 24.5 Å². The minimum Gasteiger partial charge on any atom is -0.368 e. The van der Waals surface area contributed by atoms with Crippen molar-refractivity contribution in [2.45, 2.75) is 18.4 Å². The van der Waals surface area contributed by atoms with Gasteiger partial charge < -0.3 is 15.4 Å². The second-order valence-electron chi connectivity index (χ2n) is 4.14. The zero-order valence-electron chi connectivity index (χ0n) is 9.90. The summed E-state index contributed by atoms with van der Waals surface area (Å²) in [5.74, 6) is -0.0762. The Bertz CT molecular complexity index is 375. The minimum atomic E-state index is -0.700. The van der Waals surface area contributed by atoms with Gasteiger partial charge >= 0.3 is 0 Å². The van der Waals surface area contributed by atoms with E-state index in [0.717, 1.165) is 18.8 Å². The van der Waals surface area contributed by atoms with Gasteiger partial charge in [-0.3, -0.25) is 9.78 Å². The number of anilines is 1. The van der Waals surface area contributed by atoms with Crippen molar-refractivity contribution in [3.05, 3.63) is 24.5 Å². The Hall–Kier alpha value is -1.46. The maximum Gasteiger partial charge on any atom is 0.256 e. The molecule has 0 spiro atoms. The molecule has 1 aromatic heterocycles. The van der Waals surface area contributed by atoms with Crippen LogP contribution in [-0.2, 0) is 9.53 Å². The molecular weight excluding hydrogens is 218 g/mol. The maximum atomic E-state index is 12.2. The lowest BCUT2D eigenvalue weighted by atomic mass is 9.91. The number of carbonyl (C=O) groups excluding carboxylic acids is 1. The monoisotopic (exact) mass is 235 g/mol. The van der Waals surface area contributed by atoms with Crippen molar-refractivity contribution in [2.24, 2.45) is 0 Å². The van der Waals surface area contributed by atoms with E-state index < -0.39 is 5.60 Å². The molecule has 1 aliphatic heterocycles. The fraction of sp³-hybridized carbons (Fsp3) is 0.500. The van der Waals surface area contributed by atoms with E-state index in [-0.39, 0.29) is 5.91 Å². The quantitative estimate of drug-likeness (QED) is 0.813. The first-order valence-corrected chi connectivity index (χ1v) is 5.74. The highest BCUT2D eigenvalue weighted by molar-refractivity contribution is 5.97. The smallest absolute Gasteiger partial charge is 0.256 e. The van der Waals surface area contributed by atoms with E-state index >= 15 is 0 Å². The third-order valence-corrected chi connectivity index (χ3v) is 3.15. The summed E-state index contributed by atoms with van der Waals surface area (Å²) in [6.45, 7) is 1.61. The molecule has 92 valence electrons. The Kier molecular flexibility index (Phi) is 3.71. The number of piperidine rings is 1. The summed E-state index contributed by atoms with van der Waals surface area (Å²) in [6.07, 6.45) is 4.69. The number of pyridine rings is 1. The summed E-state index contributed by atoms with van der Waals surface area (Å²) in [4.78, 5) is 16.1. The number of carbonyl (C=O) groups is 1. The first-order chi connectivity index (χ1) is 8.27. The van der Waals surface area contributed by atoms with Gasteiger partial charge in [-0.25, -0.2) is 0 Å². The van der Waals surface area contributed by atoms with Crippen LogP contribution in [0.3, 0.4) is 0 Å². The molecule has 0 aromatic carbocycles. The predicted octanol–water partition coefficient (Wildman–Crippen LogP) is 0.789. The average molecular weight is 235 g/mol. The van der Waals surface area contributed by atoms with Crippen molar-refractivity contribution >= 4 is 11.6 Å². The first kappa shape index (κ1) is 12.0. The molecule has 1 amide bonds. The van der Waals surface area contributed by atoms with Crippen LogP contribution in [0.1, 0.15) is 12.8 Å². The SMILES string of the molecule is COC1(C(=O)Nc2ccncc2)CCNCC1. The second kappa shape index (κ2) is 5.25. The van der Waals surface area contributed by atoms with Crippen molar-refractivity contribution < 1.29 is 9.53 Å². The van der Waals surface area contributed by atoms with Crippen LogP contribution in [0.25, 0.3) is 0 Å². The number of hydrogen-bond donors (Lipinski definition) is 2. The van der Waals surface area contributed by atoms with Gasteiger partial charge in [0.15, 0.2) is 0 Å². The summed E-state index contributed by atoms with van der Waals surface area (Å²) in [5.41, 5.74) is 0.0501. The van der Waals surface area contributed by atoms with E-state index in [0.29, 0.717) is 12.8 Å². The van der Waals surface area contributed by atoms with Crippen molar-refractivity contribution in [1.29, 1.82) is 0 Å². The fourth-order valence-electron chi connectivity index (χ4n) is 2.03. The van der Waals surface area contributed by atoms with E-state index in [2.05, 4.69) is 15.6 Å². The van der Waals surface area contributed by atoms with Crippen molar-refractivity contribution in [3.8, 4) is 0 Å². The van der Waals surface area contributed by atoms with E-state index in [9.17, 15) is 4.79 Å². The van der Waals surface area contributed by atoms with Gasteiger partial charge in [-0.15, -0.1) is 0 Å². The van der Waals surface area contributed by atoms with Crippen molar-refractivity contribution in [3.63, 3.8) is 0 Å². The molecule has 0 atom stereocenters. The molecule has 0 aliphatic carbocycles. The standard InChI is InChI=1S/C12H17N3O2/c1-17-12(4-8-14-9-5-12)11(16)15-10-2-6-13-7-3-10/h2-3,6-7,14H,4-5,8-9H2,1H3,(H,13,15,16). The normalized spacial score (nSPS) is 18.6. The van der Waals surface area contributed by atoms with Crippen LogP contribution < -0.4 is 10.6 Å². The Balaban J connectivity index is 2.07. The molecule has 1 saturated heterocycles. The largest absolute Gasteiger partial charge is 0.368 e. The van der Waals surface area contributed by atoms with E-state index in [1.165, 1.54) is 0 Å². The second-order valence-corrected chi connectivity index (χ2v) is 4.14. The molecule has 0 radical (unpaired) electrons. The van der Waals surface area contributed by atoms with Gasteiger partial charge in [0, 0.05) is 25.2 Å². The van der Waals surface area contributed by atoms with Crippen LogP contribution >= 0.6 is 0 Å². The van der Waals surface area contributed by atoms with Gasteiger partial charge in [0.05, 0.1) is 0 Å². The molecule has 17 heavy (non-hydrogen) atoms.